The summed E-state index contributed by atoms with van der Waals surface area (Å²) in [5.74, 6) is 0.531. The summed E-state index contributed by atoms with van der Waals surface area (Å²) in [4.78, 5) is 16.2. The lowest BCUT2D eigenvalue weighted by Gasteiger charge is -2.23. The normalized spacial score (nSPS) is 10.5. The highest BCUT2D eigenvalue weighted by atomic mass is 32.1. The Labute approximate surface area is 152 Å². The maximum absolute atomic E-state index is 13.3. The number of carbonyl (C=O) groups is 1. The highest BCUT2D eigenvalue weighted by molar-refractivity contribution is 7.09. The Morgan fingerprint density at radius 2 is 1.80 bits per heavy atom. The topological polar surface area (TPSA) is 29.5 Å². The number of hydrogen-bond donors (Lipinski definition) is 0. The smallest absolute Gasteiger partial charge is 0.262 e. The van der Waals surface area contributed by atoms with Gasteiger partial charge in [0.2, 0.25) is 0 Å². The third-order valence-electron chi connectivity index (χ3n) is 4.13. The lowest BCUT2D eigenvalue weighted by atomic mass is 10.1. The van der Waals surface area contributed by atoms with Gasteiger partial charge in [0.1, 0.15) is 5.75 Å². The van der Waals surface area contributed by atoms with Gasteiger partial charge in [-0.05, 0) is 47.7 Å². The molecule has 3 nitrogen and oxygen atoms in total. The Balaban J connectivity index is 1.98. The molecule has 0 radical (unpaired) electrons. The Kier molecular flexibility index (Phi) is 5.51. The average molecular weight is 351 g/mol. The predicted octanol–water partition coefficient (Wildman–Crippen LogP) is 5.17. The molecule has 0 aliphatic heterocycles. The van der Waals surface area contributed by atoms with Crippen molar-refractivity contribution in [3.05, 3.63) is 82.0 Å². The molecule has 128 valence electrons. The predicted molar refractivity (Wildman–Crippen MR) is 104 cm³/mol. The number of rotatable bonds is 6. The molecule has 0 fully saturated rings. The van der Waals surface area contributed by atoms with Crippen LogP contribution in [0.3, 0.4) is 0 Å². The first-order valence-electron chi connectivity index (χ1n) is 8.29. The van der Waals surface area contributed by atoms with Crippen LogP contribution in [-0.4, -0.2) is 13.0 Å². The van der Waals surface area contributed by atoms with Crippen molar-refractivity contribution in [3.63, 3.8) is 0 Å². The van der Waals surface area contributed by atoms with Gasteiger partial charge >= 0.3 is 0 Å². The molecule has 25 heavy (non-hydrogen) atoms. The van der Waals surface area contributed by atoms with Gasteiger partial charge < -0.3 is 9.64 Å². The number of para-hydroxylation sites is 1. The van der Waals surface area contributed by atoms with Crippen molar-refractivity contribution in [2.75, 3.05) is 12.0 Å². The Hall–Kier alpha value is -2.59. The Morgan fingerprint density at radius 3 is 2.44 bits per heavy atom. The largest absolute Gasteiger partial charge is 0.496 e. The van der Waals surface area contributed by atoms with Crippen LogP contribution < -0.4 is 9.64 Å². The van der Waals surface area contributed by atoms with Crippen molar-refractivity contribution in [2.24, 2.45) is 0 Å². The molecule has 0 aliphatic carbocycles. The van der Waals surface area contributed by atoms with E-state index in [0.717, 1.165) is 17.0 Å². The Morgan fingerprint density at radius 1 is 1.04 bits per heavy atom. The summed E-state index contributed by atoms with van der Waals surface area (Å²) < 4.78 is 5.38. The van der Waals surface area contributed by atoms with Crippen LogP contribution in [0.1, 0.15) is 27.7 Å². The Bertz CT molecular complexity index is 825. The number of thiophene rings is 1. The van der Waals surface area contributed by atoms with Crippen LogP contribution in [0, 0.1) is 0 Å². The summed E-state index contributed by atoms with van der Waals surface area (Å²) in [6.07, 6.45) is 0.978. The third kappa shape index (κ3) is 3.91. The van der Waals surface area contributed by atoms with E-state index in [1.54, 1.807) is 18.4 Å². The van der Waals surface area contributed by atoms with Crippen molar-refractivity contribution < 1.29 is 9.53 Å². The zero-order valence-electron chi connectivity index (χ0n) is 14.4. The number of anilines is 1. The van der Waals surface area contributed by atoms with Gasteiger partial charge in [-0.2, -0.15) is 0 Å². The fourth-order valence-corrected chi connectivity index (χ4v) is 3.41. The molecule has 2 aromatic carbocycles. The van der Waals surface area contributed by atoms with Crippen LogP contribution in [0.15, 0.2) is 66.0 Å². The van der Waals surface area contributed by atoms with E-state index in [1.807, 2.05) is 58.8 Å². The van der Waals surface area contributed by atoms with E-state index in [-0.39, 0.29) is 5.91 Å². The third-order valence-corrected chi connectivity index (χ3v) is 4.99. The first-order valence-corrected chi connectivity index (χ1v) is 9.17. The number of hydrogen-bond acceptors (Lipinski definition) is 3. The summed E-state index contributed by atoms with van der Waals surface area (Å²) in [5.41, 5.74) is 2.71. The van der Waals surface area contributed by atoms with E-state index < -0.39 is 0 Å². The molecule has 0 saturated carbocycles. The lowest BCUT2D eigenvalue weighted by Crippen LogP contribution is -2.30. The van der Waals surface area contributed by atoms with E-state index in [4.69, 9.17) is 4.74 Å². The first-order chi connectivity index (χ1) is 12.2. The van der Waals surface area contributed by atoms with Gasteiger partial charge in [-0.25, -0.2) is 0 Å². The van der Waals surface area contributed by atoms with Crippen molar-refractivity contribution in [1.82, 2.24) is 0 Å². The molecule has 4 heteroatoms. The summed E-state index contributed by atoms with van der Waals surface area (Å²) in [5, 5.41) is 2.03. The van der Waals surface area contributed by atoms with Crippen LogP contribution in [0.5, 0.6) is 5.75 Å². The number of ether oxygens (including phenoxy) is 1. The number of carbonyl (C=O) groups excluding carboxylic acids is 1. The monoisotopic (exact) mass is 351 g/mol. The van der Waals surface area contributed by atoms with Crippen molar-refractivity contribution in [3.8, 4) is 5.75 Å². The minimum atomic E-state index is -0.0601. The van der Waals surface area contributed by atoms with E-state index in [1.165, 1.54) is 5.56 Å². The molecule has 3 aromatic rings. The number of aryl methyl sites for hydroxylation is 1. The molecule has 0 aliphatic rings. The maximum Gasteiger partial charge on any atom is 0.262 e. The highest BCUT2D eigenvalue weighted by Crippen LogP contribution is 2.26. The molecule has 0 N–H and O–H groups in total. The van der Waals surface area contributed by atoms with Gasteiger partial charge in [0.05, 0.1) is 19.2 Å². The molecule has 1 aromatic heterocycles. The molecule has 1 heterocycles. The summed E-state index contributed by atoms with van der Waals surface area (Å²) in [6, 6.07) is 19.6. The second-order valence-electron chi connectivity index (χ2n) is 5.69. The quantitative estimate of drug-likeness (QED) is 0.613. The minimum absolute atomic E-state index is 0.0601. The molecule has 0 unspecified atom stereocenters. The van der Waals surface area contributed by atoms with E-state index in [9.17, 15) is 4.79 Å². The standard InChI is InChI=1S/C21H21NO2S/c1-3-16-10-12-17(13-11-16)22(15-18-7-6-14-25-18)21(23)19-8-4-5-9-20(19)24-2/h4-14H,3,15H2,1-2H3. The van der Waals surface area contributed by atoms with Crippen molar-refractivity contribution >= 4 is 22.9 Å². The summed E-state index contributed by atoms with van der Waals surface area (Å²) in [7, 11) is 1.59. The van der Waals surface area contributed by atoms with Gasteiger partial charge in [-0.1, -0.05) is 37.3 Å². The number of benzene rings is 2. The number of methoxy groups -OCH3 is 1. The molecule has 0 bridgehead atoms. The fraction of sp³-hybridized carbons (Fsp3) is 0.190. The molecular weight excluding hydrogens is 330 g/mol. The number of amides is 1. The van der Waals surface area contributed by atoms with Crippen LogP contribution in [0.2, 0.25) is 0 Å². The maximum atomic E-state index is 13.3. The highest BCUT2D eigenvalue weighted by Gasteiger charge is 2.21. The number of nitrogens with zero attached hydrogens (tertiary/aromatic N) is 1. The minimum Gasteiger partial charge on any atom is -0.496 e. The van der Waals surface area contributed by atoms with Crippen molar-refractivity contribution in [1.29, 1.82) is 0 Å². The zero-order chi connectivity index (χ0) is 17.6. The van der Waals surface area contributed by atoms with Gasteiger partial charge in [0, 0.05) is 10.6 Å². The van der Waals surface area contributed by atoms with Gasteiger partial charge in [-0.15, -0.1) is 11.3 Å². The molecular formula is C21H21NO2S. The molecule has 0 atom stereocenters. The van der Waals surface area contributed by atoms with E-state index >= 15 is 0 Å². The second-order valence-corrected chi connectivity index (χ2v) is 6.72. The molecule has 0 saturated heterocycles. The molecule has 3 rings (SSSR count). The molecule has 0 spiro atoms. The summed E-state index contributed by atoms with van der Waals surface area (Å²) >= 11 is 1.65. The first kappa shape index (κ1) is 17.2. The van der Waals surface area contributed by atoms with E-state index in [0.29, 0.717) is 17.9 Å². The average Bonchev–Trinajstić information content (AvgIpc) is 3.19. The fourth-order valence-electron chi connectivity index (χ4n) is 2.72. The van der Waals surface area contributed by atoms with Crippen LogP contribution >= 0.6 is 11.3 Å². The van der Waals surface area contributed by atoms with Crippen LogP contribution in [-0.2, 0) is 13.0 Å². The summed E-state index contributed by atoms with van der Waals surface area (Å²) in [6.45, 7) is 2.67. The van der Waals surface area contributed by atoms with Gasteiger partial charge in [-0.3, -0.25) is 4.79 Å². The van der Waals surface area contributed by atoms with Crippen LogP contribution in [0.4, 0.5) is 5.69 Å². The molecule has 1 amide bonds. The van der Waals surface area contributed by atoms with Crippen molar-refractivity contribution in [2.45, 2.75) is 19.9 Å². The SMILES string of the molecule is CCc1ccc(N(Cc2cccs2)C(=O)c2ccccc2OC)cc1. The zero-order valence-corrected chi connectivity index (χ0v) is 15.3. The van der Waals surface area contributed by atoms with Gasteiger partial charge in [0.15, 0.2) is 0 Å². The van der Waals surface area contributed by atoms with Crippen LogP contribution in [0.25, 0.3) is 0 Å². The van der Waals surface area contributed by atoms with Gasteiger partial charge in [0.25, 0.3) is 5.91 Å². The van der Waals surface area contributed by atoms with E-state index in [2.05, 4.69) is 19.1 Å². The second kappa shape index (κ2) is 7.99. The lowest BCUT2D eigenvalue weighted by molar-refractivity contribution is 0.0982.